The molecule has 0 N–H and O–H groups in total. The van der Waals surface area contributed by atoms with E-state index in [1.807, 2.05) is 39.8 Å². The summed E-state index contributed by atoms with van der Waals surface area (Å²) in [7, 11) is 5.99. The largest absolute Gasteiger partial charge is 0.119 e. The van der Waals surface area contributed by atoms with Gasteiger partial charge in [-0.15, -0.1) is 12.8 Å². The molecule has 0 nitrogen and oxygen atoms in total. The van der Waals surface area contributed by atoms with Crippen molar-refractivity contribution in [2.75, 3.05) is 0 Å². The van der Waals surface area contributed by atoms with Gasteiger partial charge in [0.1, 0.15) is 7.85 Å². The van der Waals surface area contributed by atoms with Crippen LogP contribution in [0.5, 0.6) is 0 Å². The highest BCUT2D eigenvalue weighted by Crippen LogP contribution is 2.36. The Bertz CT molecular complexity index is 1860. The fourth-order valence-electron chi connectivity index (χ4n) is 4.73. The minimum Gasteiger partial charge on any atom is -0.119 e. The molecular weight excluding hydrogens is 479 g/mol. The first-order chi connectivity index (χ1) is 19.0. The van der Waals surface area contributed by atoms with Gasteiger partial charge in [0.25, 0.3) is 0 Å². The fourth-order valence-corrected chi connectivity index (χ4v) is 4.73. The van der Waals surface area contributed by atoms with Crippen LogP contribution >= 0.6 is 0 Å². The van der Waals surface area contributed by atoms with Crippen LogP contribution in [-0.4, -0.2) is 7.85 Å². The van der Waals surface area contributed by atoms with E-state index in [4.69, 9.17) is 20.7 Å². The zero-order chi connectivity index (χ0) is 29.1. The van der Waals surface area contributed by atoms with Gasteiger partial charge in [-0.25, -0.2) is 0 Å². The molecule has 0 amide bonds. The second-order valence-electron chi connectivity index (χ2n) is 11.3. The molecule has 0 fully saturated rings. The molecule has 5 rings (SSSR count). The third-order valence-corrected chi connectivity index (χ3v) is 8.26. The molecule has 5 aromatic rings. The summed E-state index contributed by atoms with van der Waals surface area (Å²) < 4.78 is 0. The van der Waals surface area contributed by atoms with Crippen molar-refractivity contribution in [3.8, 4) is 24.7 Å². The summed E-state index contributed by atoms with van der Waals surface area (Å²) in [5.41, 5.74) is 5.15. The lowest BCUT2D eigenvalue weighted by molar-refractivity contribution is 0.260. The predicted molar refractivity (Wildman–Crippen MR) is 176 cm³/mol. The Morgan fingerprint density at radius 3 is 1.75 bits per heavy atom. The average Bonchev–Trinajstić information content (AvgIpc) is 2.97. The normalized spacial score (nSPS) is 12.2. The molecule has 0 unspecified atom stereocenters. The lowest BCUT2D eigenvalue weighted by Gasteiger charge is -2.32. The van der Waals surface area contributed by atoms with Crippen LogP contribution in [0.25, 0.3) is 33.7 Å². The van der Waals surface area contributed by atoms with Gasteiger partial charge in [-0.05, 0) is 88.9 Å². The van der Waals surface area contributed by atoms with E-state index in [1.54, 1.807) is 0 Å². The van der Waals surface area contributed by atoms with Gasteiger partial charge in [0.15, 0.2) is 0 Å². The van der Waals surface area contributed by atoms with E-state index < -0.39 is 0 Å². The molecule has 0 aromatic heterocycles. The third-order valence-electron chi connectivity index (χ3n) is 8.26. The Kier molecular flexibility index (Phi) is 8.09. The maximum atomic E-state index is 5.99. The van der Waals surface area contributed by atoms with Crippen molar-refractivity contribution >= 4 is 47.0 Å². The Balaban J connectivity index is 0.000000318. The first-order valence-corrected chi connectivity index (χ1v) is 13.5. The van der Waals surface area contributed by atoms with Crippen LogP contribution in [0.2, 0.25) is 0 Å². The number of fused-ring (bicyclic) bond motifs is 2. The van der Waals surface area contributed by atoms with Crippen LogP contribution in [0, 0.1) is 42.4 Å². The van der Waals surface area contributed by atoms with Crippen molar-refractivity contribution in [3.05, 3.63) is 124 Å². The molecule has 0 heterocycles. The van der Waals surface area contributed by atoms with Crippen molar-refractivity contribution in [2.45, 2.75) is 34.6 Å². The van der Waals surface area contributed by atoms with Gasteiger partial charge in [0.2, 0.25) is 0 Å². The van der Waals surface area contributed by atoms with Crippen molar-refractivity contribution in [1.29, 1.82) is 0 Å². The molecular formula is C39H35B. The van der Waals surface area contributed by atoms with E-state index >= 15 is 0 Å². The van der Waals surface area contributed by atoms with Crippen LogP contribution in [0.4, 0.5) is 0 Å². The highest BCUT2D eigenvalue weighted by atomic mass is 14.3. The molecule has 40 heavy (non-hydrogen) atoms. The summed E-state index contributed by atoms with van der Waals surface area (Å²) in [5, 5.41) is 7.11. The Hall–Kier alpha value is -4.46. The van der Waals surface area contributed by atoms with Crippen LogP contribution in [0.3, 0.4) is 0 Å². The molecule has 0 saturated heterocycles. The highest BCUT2D eigenvalue weighted by Gasteiger charge is 2.33. The number of aryl methyl sites for hydroxylation is 1. The molecule has 0 aliphatic rings. The first kappa shape index (κ1) is 28.6. The molecule has 0 bridgehead atoms. The molecule has 0 aliphatic carbocycles. The van der Waals surface area contributed by atoms with Crippen molar-refractivity contribution in [1.82, 2.24) is 0 Å². The summed E-state index contributed by atoms with van der Waals surface area (Å²) in [5.74, 6) is 5.38. The monoisotopic (exact) mass is 514 g/mol. The molecule has 0 saturated carbocycles. The van der Waals surface area contributed by atoms with Gasteiger partial charge in [-0.1, -0.05) is 121 Å². The summed E-state index contributed by atoms with van der Waals surface area (Å²) >= 11 is 0. The van der Waals surface area contributed by atoms with Crippen LogP contribution in [-0.2, 0) is 0 Å². The SMILES string of the molecule is C#CC(C)(C)C(C)(C)C#C.[B]c1ccc(/C(c2ccc3ccccc3c2C)=c2\ccc3ccccc3c2=C)cc1. The quantitative estimate of drug-likeness (QED) is 0.179. The standard InChI is InChI=1S/C29H21B.C10H14/c1-19-25-9-5-3-7-21(25)13-17-27(19)29(23-11-15-24(30)16-12-23)28-18-14-22-8-4-6-10-26(22)20(28)2;1-7-9(3,4)10(5,6)8-2/h3-18H,1H2,2H3;1-2H,3-6H3/b29-27-;. The Labute approximate surface area is 240 Å². The fraction of sp³-hybridized carbons (Fsp3) is 0.179. The summed E-state index contributed by atoms with van der Waals surface area (Å²) in [6, 6.07) is 33.9. The molecule has 0 atom stereocenters. The van der Waals surface area contributed by atoms with E-state index in [0.717, 1.165) is 21.5 Å². The Morgan fingerprint density at radius 1 is 0.675 bits per heavy atom. The van der Waals surface area contributed by atoms with E-state index in [9.17, 15) is 0 Å². The lowest BCUT2D eigenvalue weighted by Crippen LogP contribution is -2.29. The predicted octanol–water partition coefficient (Wildman–Crippen LogP) is 7.06. The summed E-state index contributed by atoms with van der Waals surface area (Å²) in [6.45, 7) is 14.6. The zero-order valence-electron chi connectivity index (χ0n) is 24.2. The molecule has 194 valence electrons. The number of hydrogen-bond acceptors (Lipinski definition) is 0. The molecule has 0 spiro atoms. The maximum Gasteiger partial charge on any atom is 0.113 e. The first-order valence-electron chi connectivity index (χ1n) is 13.5. The minimum absolute atomic E-state index is 0.220. The highest BCUT2D eigenvalue weighted by molar-refractivity contribution is 6.32. The summed E-state index contributed by atoms with van der Waals surface area (Å²) in [4.78, 5) is 0. The molecule has 0 aliphatic heterocycles. The second kappa shape index (κ2) is 11.3. The molecule has 1 heteroatoms. The van der Waals surface area contributed by atoms with Crippen molar-refractivity contribution in [3.63, 3.8) is 0 Å². The lowest BCUT2D eigenvalue weighted by atomic mass is 9.69. The van der Waals surface area contributed by atoms with Gasteiger partial charge in [0, 0.05) is 10.8 Å². The smallest absolute Gasteiger partial charge is 0.113 e. The average molecular weight is 515 g/mol. The van der Waals surface area contributed by atoms with Crippen LogP contribution in [0.1, 0.15) is 44.4 Å². The third kappa shape index (κ3) is 5.48. The minimum atomic E-state index is -0.220. The number of terminal acetylenes is 2. The van der Waals surface area contributed by atoms with E-state index in [0.29, 0.717) is 0 Å². The van der Waals surface area contributed by atoms with Crippen LogP contribution < -0.4 is 15.9 Å². The van der Waals surface area contributed by atoms with E-state index in [-0.39, 0.29) is 10.8 Å². The maximum absolute atomic E-state index is 5.99. The van der Waals surface area contributed by atoms with Crippen molar-refractivity contribution < 1.29 is 0 Å². The van der Waals surface area contributed by atoms with Crippen molar-refractivity contribution in [2.24, 2.45) is 10.8 Å². The summed E-state index contributed by atoms with van der Waals surface area (Å²) in [6.07, 6.45) is 10.6. The number of rotatable bonds is 3. The van der Waals surface area contributed by atoms with Gasteiger partial charge in [-0.2, -0.15) is 0 Å². The van der Waals surface area contributed by atoms with E-state index in [2.05, 4.69) is 110 Å². The zero-order valence-corrected chi connectivity index (χ0v) is 24.2. The van der Waals surface area contributed by atoms with Crippen LogP contribution in [0.15, 0.2) is 97.1 Å². The van der Waals surface area contributed by atoms with Gasteiger partial charge in [0.05, 0.1) is 0 Å². The number of hydrogen-bond donors (Lipinski definition) is 0. The number of benzene rings is 5. The van der Waals surface area contributed by atoms with Gasteiger partial charge < -0.3 is 0 Å². The Morgan fingerprint density at radius 2 is 1.18 bits per heavy atom. The van der Waals surface area contributed by atoms with E-state index in [1.165, 1.54) is 38.2 Å². The topological polar surface area (TPSA) is 0 Å². The van der Waals surface area contributed by atoms with Gasteiger partial charge >= 0.3 is 0 Å². The van der Waals surface area contributed by atoms with Gasteiger partial charge in [-0.3, -0.25) is 0 Å². The second-order valence-corrected chi connectivity index (χ2v) is 11.3. The molecule has 5 aromatic carbocycles. The molecule has 2 radical (unpaired) electrons.